The molecule has 0 aliphatic rings. The zero-order chi connectivity index (χ0) is 13.7. The van der Waals surface area contributed by atoms with Crippen LogP contribution >= 0.6 is 11.6 Å². The lowest BCUT2D eigenvalue weighted by Gasteiger charge is -2.07. The summed E-state index contributed by atoms with van der Waals surface area (Å²) in [5.74, 6) is 5.44. The molecule has 19 heavy (non-hydrogen) atoms. The molecule has 0 atom stereocenters. The van der Waals surface area contributed by atoms with Gasteiger partial charge in [0, 0.05) is 10.6 Å². The minimum absolute atomic E-state index is 0.317. The molecule has 0 unspecified atom stereocenters. The minimum Gasteiger partial charge on any atom is -0.489 e. The van der Waals surface area contributed by atoms with Gasteiger partial charge in [0.15, 0.2) is 0 Å². The van der Waals surface area contributed by atoms with E-state index in [4.69, 9.17) is 22.2 Å². The molecule has 0 saturated carbocycles. The number of carbonyl (C=O) groups excluding carboxylic acids is 1. The van der Waals surface area contributed by atoms with Crippen LogP contribution in [0.1, 0.15) is 15.9 Å². The Morgan fingerprint density at radius 2 is 1.95 bits per heavy atom. The third-order valence-electron chi connectivity index (χ3n) is 2.55. The van der Waals surface area contributed by atoms with Gasteiger partial charge in [-0.3, -0.25) is 10.2 Å². The standard InChI is InChI=1S/C14H13ClN2O2/c15-12-2-1-3-13(8-12)19-9-10-4-6-11(7-5-10)14(18)17-16/h1-8H,9,16H2,(H,17,18). The van der Waals surface area contributed by atoms with E-state index in [1.807, 2.05) is 24.3 Å². The van der Waals surface area contributed by atoms with Crippen molar-refractivity contribution in [2.45, 2.75) is 6.61 Å². The smallest absolute Gasteiger partial charge is 0.265 e. The summed E-state index contributed by atoms with van der Waals surface area (Å²) < 4.78 is 5.59. The molecule has 0 bridgehead atoms. The Morgan fingerprint density at radius 1 is 1.21 bits per heavy atom. The summed E-state index contributed by atoms with van der Waals surface area (Å²) >= 11 is 5.86. The number of nitrogens with two attached hydrogens (primary N) is 1. The first-order valence-electron chi connectivity index (χ1n) is 5.67. The molecule has 2 aromatic carbocycles. The molecule has 0 radical (unpaired) electrons. The number of hydrogen-bond acceptors (Lipinski definition) is 3. The molecule has 5 heteroatoms. The quantitative estimate of drug-likeness (QED) is 0.512. The van der Waals surface area contributed by atoms with Gasteiger partial charge in [-0.15, -0.1) is 0 Å². The highest BCUT2D eigenvalue weighted by molar-refractivity contribution is 6.30. The monoisotopic (exact) mass is 276 g/mol. The number of rotatable bonds is 4. The maximum atomic E-state index is 11.3. The van der Waals surface area contributed by atoms with E-state index in [2.05, 4.69) is 5.43 Å². The summed E-state index contributed by atoms with van der Waals surface area (Å²) in [7, 11) is 0. The van der Waals surface area contributed by atoms with Crippen LogP contribution in [0.2, 0.25) is 5.02 Å². The van der Waals surface area contributed by atoms with E-state index in [1.54, 1.807) is 24.3 Å². The molecule has 98 valence electrons. The lowest BCUT2D eigenvalue weighted by molar-refractivity contribution is 0.0953. The first-order valence-corrected chi connectivity index (χ1v) is 6.05. The van der Waals surface area contributed by atoms with E-state index in [-0.39, 0.29) is 5.91 Å². The maximum absolute atomic E-state index is 11.3. The van der Waals surface area contributed by atoms with E-state index in [9.17, 15) is 4.79 Å². The van der Waals surface area contributed by atoms with Crippen molar-refractivity contribution < 1.29 is 9.53 Å². The number of carbonyl (C=O) groups is 1. The molecular formula is C14H13ClN2O2. The topological polar surface area (TPSA) is 64.3 Å². The second kappa shape index (κ2) is 6.22. The number of nitrogen functional groups attached to an aromatic ring is 1. The Bertz CT molecular complexity index is 570. The second-order valence-corrected chi connectivity index (χ2v) is 4.35. The minimum atomic E-state index is -0.317. The van der Waals surface area contributed by atoms with Crippen LogP contribution in [-0.4, -0.2) is 5.91 Å². The molecule has 0 saturated heterocycles. The average molecular weight is 277 g/mol. The Morgan fingerprint density at radius 3 is 2.58 bits per heavy atom. The first kappa shape index (κ1) is 13.4. The molecule has 0 aromatic heterocycles. The van der Waals surface area contributed by atoms with Crippen LogP contribution in [-0.2, 0) is 6.61 Å². The Kier molecular flexibility index (Phi) is 4.39. The number of hydrogen-bond donors (Lipinski definition) is 2. The molecule has 2 aromatic rings. The summed E-state index contributed by atoms with van der Waals surface area (Å²) in [5, 5.41) is 0.632. The van der Waals surface area contributed by atoms with Crippen LogP contribution in [0.3, 0.4) is 0 Å². The Balaban J connectivity index is 1.98. The number of amides is 1. The Hall–Kier alpha value is -2.04. The maximum Gasteiger partial charge on any atom is 0.265 e. The van der Waals surface area contributed by atoms with Gasteiger partial charge in [0.25, 0.3) is 5.91 Å². The van der Waals surface area contributed by atoms with E-state index < -0.39 is 0 Å². The Labute approximate surface area is 116 Å². The molecule has 0 fully saturated rings. The first-order chi connectivity index (χ1) is 9.19. The van der Waals surface area contributed by atoms with Crippen molar-refractivity contribution in [1.29, 1.82) is 0 Å². The van der Waals surface area contributed by atoms with Gasteiger partial charge < -0.3 is 4.74 Å². The highest BCUT2D eigenvalue weighted by atomic mass is 35.5. The molecule has 0 aliphatic heterocycles. The summed E-state index contributed by atoms with van der Waals surface area (Å²) in [5.41, 5.74) is 3.54. The highest BCUT2D eigenvalue weighted by Crippen LogP contribution is 2.18. The largest absolute Gasteiger partial charge is 0.489 e. The number of benzene rings is 2. The summed E-state index contributed by atoms with van der Waals surface area (Å²) in [6.45, 7) is 0.408. The van der Waals surface area contributed by atoms with Gasteiger partial charge in [-0.1, -0.05) is 29.8 Å². The van der Waals surface area contributed by atoms with Crippen molar-refractivity contribution in [2.75, 3.05) is 0 Å². The fraction of sp³-hybridized carbons (Fsp3) is 0.0714. The van der Waals surface area contributed by atoms with E-state index in [0.717, 1.165) is 5.56 Å². The molecule has 0 heterocycles. The molecular weight excluding hydrogens is 264 g/mol. The van der Waals surface area contributed by atoms with Crippen molar-refractivity contribution in [3.05, 3.63) is 64.7 Å². The van der Waals surface area contributed by atoms with Gasteiger partial charge in [-0.2, -0.15) is 0 Å². The number of ether oxygens (including phenoxy) is 1. The van der Waals surface area contributed by atoms with Crippen molar-refractivity contribution in [1.82, 2.24) is 5.43 Å². The number of halogens is 1. The number of nitrogens with one attached hydrogen (secondary N) is 1. The van der Waals surface area contributed by atoms with E-state index in [0.29, 0.717) is 22.9 Å². The van der Waals surface area contributed by atoms with Crippen LogP contribution < -0.4 is 16.0 Å². The van der Waals surface area contributed by atoms with Crippen LogP contribution in [0.4, 0.5) is 0 Å². The zero-order valence-electron chi connectivity index (χ0n) is 10.1. The van der Waals surface area contributed by atoms with Crippen LogP contribution in [0.15, 0.2) is 48.5 Å². The van der Waals surface area contributed by atoms with Crippen LogP contribution in [0.5, 0.6) is 5.75 Å². The molecule has 2 rings (SSSR count). The molecule has 0 spiro atoms. The van der Waals surface area contributed by atoms with E-state index in [1.165, 1.54) is 0 Å². The molecule has 0 aliphatic carbocycles. The fourth-order valence-corrected chi connectivity index (χ4v) is 1.74. The average Bonchev–Trinajstić information content (AvgIpc) is 2.45. The van der Waals surface area contributed by atoms with Gasteiger partial charge in [-0.05, 0) is 35.9 Å². The predicted molar refractivity (Wildman–Crippen MR) is 73.9 cm³/mol. The van der Waals surface area contributed by atoms with Gasteiger partial charge in [-0.25, -0.2) is 5.84 Å². The van der Waals surface area contributed by atoms with Crippen LogP contribution in [0.25, 0.3) is 0 Å². The summed E-state index contributed by atoms with van der Waals surface area (Å²) in [4.78, 5) is 11.3. The third-order valence-corrected chi connectivity index (χ3v) is 2.78. The SMILES string of the molecule is NNC(=O)c1ccc(COc2cccc(Cl)c2)cc1. The second-order valence-electron chi connectivity index (χ2n) is 3.92. The molecule has 1 amide bonds. The highest BCUT2D eigenvalue weighted by Gasteiger charge is 2.03. The zero-order valence-corrected chi connectivity index (χ0v) is 10.9. The number of hydrazine groups is 1. The van der Waals surface area contributed by atoms with Gasteiger partial charge in [0.2, 0.25) is 0 Å². The van der Waals surface area contributed by atoms with Crippen LogP contribution in [0, 0.1) is 0 Å². The molecule has 3 N–H and O–H groups in total. The van der Waals surface area contributed by atoms with Crippen molar-refractivity contribution >= 4 is 17.5 Å². The fourth-order valence-electron chi connectivity index (χ4n) is 1.56. The van der Waals surface area contributed by atoms with E-state index >= 15 is 0 Å². The normalized spacial score (nSPS) is 10.0. The summed E-state index contributed by atoms with van der Waals surface area (Å²) in [6.07, 6.45) is 0. The summed E-state index contributed by atoms with van der Waals surface area (Å²) in [6, 6.07) is 14.2. The predicted octanol–water partition coefficient (Wildman–Crippen LogP) is 2.52. The van der Waals surface area contributed by atoms with Gasteiger partial charge >= 0.3 is 0 Å². The van der Waals surface area contributed by atoms with Crippen molar-refractivity contribution in [2.24, 2.45) is 5.84 Å². The van der Waals surface area contributed by atoms with Crippen molar-refractivity contribution in [3.8, 4) is 5.75 Å². The lowest BCUT2D eigenvalue weighted by Crippen LogP contribution is -2.29. The van der Waals surface area contributed by atoms with Crippen molar-refractivity contribution in [3.63, 3.8) is 0 Å². The van der Waals surface area contributed by atoms with Gasteiger partial charge in [0.1, 0.15) is 12.4 Å². The lowest BCUT2D eigenvalue weighted by atomic mass is 10.1. The molecule has 4 nitrogen and oxygen atoms in total. The third kappa shape index (κ3) is 3.71. The van der Waals surface area contributed by atoms with Gasteiger partial charge in [0.05, 0.1) is 0 Å².